The van der Waals surface area contributed by atoms with Gasteiger partial charge in [-0.3, -0.25) is 0 Å². The van der Waals surface area contributed by atoms with Crippen molar-refractivity contribution in [1.82, 2.24) is 14.9 Å². The Morgan fingerprint density at radius 3 is 2.64 bits per heavy atom. The molecule has 1 saturated carbocycles. The number of nitrogen functional groups attached to an aromatic ring is 1. The Balaban J connectivity index is 1.72. The molecule has 1 aromatic carbocycles. The first kappa shape index (κ1) is 18.6. The van der Waals surface area contributed by atoms with Gasteiger partial charge >= 0.3 is 0 Å². The fourth-order valence-corrected chi connectivity index (χ4v) is 4.16. The van der Waals surface area contributed by atoms with Crippen LogP contribution in [-0.4, -0.2) is 25.1 Å². The van der Waals surface area contributed by atoms with E-state index in [9.17, 15) is 8.42 Å². The Kier molecular flexibility index (Phi) is 4.68. The van der Waals surface area contributed by atoms with Crippen LogP contribution in [0.4, 0.5) is 5.82 Å². The zero-order chi connectivity index (χ0) is 19.9. The lowest BCUT2D eigenvalue weighted by atomic mass is 10.00. The van der Waals surface area contributed by atoms with E-state index < -0.39 is 10.0 Å². The third-order valence-corrected chi connectivity index (χ3v) is 6.32. The number of aryl methyl sites for hydroxylation is 2. The lowest BCUT2D eigenvalue weighted by molar-refractivity contribution is 0.427. The summed E-state index contributed by atoms with van der Waals surface area (Å²) in [5, 5.41) is 3.89. The van der Waals surface area contributed by atoms with Gasteiger partial charge in [0.25, 0.3) is 0 Å². The summed E-state index contributed by atoms with van der Waals surface area (Å²) >= 11 is 0. The number of anilines is 1. The average molecular weight is 398 g/mol. The summed E-state index contributed by atoms with van der Waals surface area (Å²) in [5.41, 5.74) is 9.85. The second kappa shape index (κ2) is 7.03. The molecule has 0 bridgehead atoms. The molecule has 2 aromatic heterocycles. The van der Waals surface area contributed by atoms with Gasteiger partial charge in [-0.15, -0.1) is 0 Å². The highest BCUT2D eigenvalue weighted by atomic mass is 32.2. The zero-order valence-electron chi connectivity index (χ0n) is 15.8. The van der Waals surface area contributed by atoms with Gasteiger partial charge in [0, 0.05) is 24.4 Å². The van der Waals surface area contributed by atoms with E-state index in [4.69, 9.17) is 10.3 Å². The number of benzene rings is 1. The first-order chi connectivity index (χ1) is 13.3. The predicted molar refractivity (Wildman–Crippen MR) is 107 cm³/mol. The number of nitrogens with one attached hydrogen (secondary N) is 1. The lowest BCUT2D eigenvalue weighted by Crippen LogP contribution is -2.25. The number of hydrogen-bond acceptors (Lipinski definition) is 6. The Hall–Kier alpha value is -2.71. The van der Waals surface area contributed by atoms with Crippen LogP contribution < -0.4 is 10.5 Å². The molecule has 146 valence electrons. The van der Waals surface area contributed by atoms with E-state index >= 15 is 0 Å². The van der Waals surface area contributed by atoms with Crippen LogP contribution in [0.3, 0.4) is 0 Å². The van der Waals surface area contributed by atoms with Gasteiger partial charge in [0.2, 0.25) is 10.0 Å². The van der Waals surface area contributed by atoms with Crippen molar-refractivity contribution in [1.29, 1.82) is 0 Å². The van der Waals surface area contributed by atoms with Gasteiger partial charge < -0.3 is 10.3 Å². The largest absolute Gasteiger partial charge is 0.383 e. The smallest absolute Gasteiger partial charge is 0.240 e. The third-order valence-electron chi connectivity index (χ3n) is 4.90. The minimum absolute atomic E-state index is 0.239. The number of pyridine rings is 1. The van der Waals surface area contributed by atoms with Gasteiger partial charge in [-0.1, -0.05) is 11.2 Å². The summed E-state index contributed by atoms with van der Waals surface area (Å²) in [6.45, 7) is 4.25. The van der Waals surface area contributed by atoms with E-state index in [0.29, 0.717) is 29.6 Å². The summed E-state index contributed by atoms with van der Waals surface area (Å²) in [6.07, 6.45) is 3.81. The molecule has 0 spiro atoms. The second-order valence-electron chi connectivity index (χ2n) is 7.26. The van der Waals surface area contributed by atoms with E-state index in [-0.39, 0.29) is 4.90 Å². The summed E-state index contributed by atoms with van der Waals surface area (Å²) in [4.78, 5) is 4.51. The molecule has 0 unspecified atom stereocenters. The molecule has 0 radical (unpaired) electrons. The highest BCUT2D eigenvalue weighted by Crippen LogP contribution is 2.33. The third kappa shape index (κ3) is 3.79. The molecule has 4 rings (SSSR count). The van der Waals surface area contributed by atoms with Crippen molar-refractivity contribution in [2.45, 2.75) is 31.6 Å². The lowest BCUT2D eigenvalue weighted by Gasteiger charge is -2.12. The molecule has 0 saturated heterocycles. The molecule has 1 aliphatic carbocycles. The van der Waals surface area contributed by atoms with Gasteiger partial charge in [-0.2, -0.15) is 0 Å². The van der Waals surface area contributed by atoms with Crippen LogP contribution in [0.1, 0.15) is 24.1 Å². The standard InChI is InChI=1S/C20H22N4O3S/c1-12-3-6-16(28(25,26)23-10-14-4-5-14)9-17(12)15-8-18(20(21)22-11-15)19-7-13(2)24-27-19/h3,6-9,11,14,23H,4-5,10H2,1-2H3,(H2,21,22). The fourth-order valence-electron chi connectivity index (χ4n) is 3.02. The number of nitrogens with two attached hydrogens (primary N) is 1. The summed E-state index contributed by atoms with van der Waals surface area (Å²) in [5.74, 6) is 1.32. The maximum Gasteiger partial charge on any atom is 0.240 e. The molecule has 3 aromatic rings. The maximum absolute atomic E-state index is 12.6. The van der Waals surface area contributed by atoms with Crippen LogP contribution in [0.15, 0.2) is 45.9 Å². The average Bonchev–Trinajstić information content (AvgIpc) is 3.40. The molecule has 0 amide bonds. The van der Waals surface area contributed by atoms with Crippen LogP contribution in [0, 0.1) is 19.8 Å². The summed E-state index contributed by atoms with van der Waals surface area (Å²) < 4.78 is 33.3. The summed E-state index contributed by atoms with van der Waals surface area (Å²) in [6, 6.07) is 8.73. The number of aromatic nitrogens is 2. The highest BCUT2D eigenvalue weighted by molar-refractivity contribution is 7.89. The van der Waals surface area contributed by atoms with Crippen molar-refractivity contribution < 1.29 is 12.9 Å². The van der Waals surface area contributed by atoms with Crippen molar-refractivity contribution in [3.8, 4) is 22.5 Å². The Morgan fingerprint density at radius 1 is 1.18 bits per heavy atom. The molecule has 0 atom stereocenters. The van der Waals surface area contributed by atoms with Crippen LogP contribution in [0.25, 0.3) is 22.5 Å². The highest BCUT2D eigenvalue weighted by Gasteiger charge is 2.24. The Morgan fingerprint density at radius 2 is 1.96 bits per heavy atom. The van der Waals surface area contributed by atoms with E-state index in [1.54, 1.807) is 30.5 Å². The number of nitrogens with zero attached hydrogens (tertiary/aromatic N) is 2. The number of hydrogen-bond donors (Lipinski definition) is 2. The van der Waals surface area contributed by atoms with Gasteiger partial charge in [-0.25, -0.2) is 18.1 Å². The van der Waals surface area contributed by atoms with Crippen LogP contribution >= 0.6 is 0 Å². The van der Waals surface area contributed by atoms with Gasteiger partial charge in [0.05, 0.1) is 16.2 Å². The second-order valence-corrected chi connectivity index (χ2v) is 9.03. The fraction of sp³-hybridized carbons (Fsp3) is 0.300. The molecule has 7 nitrogen and oxygen atoms in total. The van der Waals surface area contributed by atoms with E-state index in [2.05, 4.69) is 14.9 Å². The summed E-state index contributed by atoms with van der Waals surface area (Å²) in [7, 11) is -3.55. The van der Waals surface area contributed by atoms with E-state index in [1.165, 1.54) is 0 Å². The van der Waals surface area contributed by atoms with Crippen LogP contribution in [-0.2, 0) is 10.0 Å². The van der Waals surface area contributed by atoms with Gasteiger partial charge in [-0.05, 0) is 61.9 Å². The molecular formula is C20H22N4O3S. The molecule has 8 heteroatoms. The Labute approximate surface area is 164 Å². The van der Waals surface area contributed by atoms with Crippen molar-refractivity contribution in [3.63, 3.8) is 0 Å². The first-order valence-electron chi connectivity index (χ1n) is 9.13. The van der Waals surface area contributed by atoms with Crippen molar-refractivity contribution in [3.05, 3.63) is 47.8 Å². The van der Waals surface area contributed by atoms with Gasteiger partial charge in [0.15, 0.2) is 5.76 Å². The Bertz CT molecular complexity index is 1130. The maximum atomic E-state index is 12.6. The first-order valence-corrected chi connectivity index (χ1v) is 10.6. The molecule has 28 heavy (non-hydrogen) atoms. The van der Waals surface area contributed by atoms with Crippen LogP contribution in [0.5, 0.6) is 0 Å². The molecular weight excluding hydrogens is 376 g/mol. The molecule has 3 N–H and O–H groups in total. The zero-order valence-corrected chi connectivity index (χ0v) is 16.6. The predicted octanol–water partition coefficient (Wildman–Crippen LogP) is 3.29. The monoisotopic (exact) mass is 398 g/mol. The number of rotatable bonds is 6. The van der Waals surface area contributed by atoms with E-state index in [1.807, 2.05) is 19.9 Å². The quantitative estimate of drug-likeness (QED) is 0.659. The molecule has 1 fully saturated rings. The van der Waals surface area contributed by atoms with Crippen molar-refractivity contribution in [2.75, 3.05) is 12.3 Å². The topological polar surface area (TPSA) is 111 Å². The van der Waals surface area contributed by atoms with Crippen LogP contribution in [0.2, 0.25) is 0 Å². The number of sulfonamides is 1. The molecule has 2 heterocycles. The van der Waals surface area contributed by atoms with E-state index in [0.717, 1.165) is 35.2 Å². The minimum atomic E-state index is -3.55. The van der Waals surface area contributed by atoms with Crippen molar-refractivity contribution in [2.24, 2.45) is 5.92 Å². The van der Waals surface area contributed by atoms with Gasteiger partial charge in [0.1, 0.15) is 5.82 Å². The SMILES string of the molecule is Cc1cc(-c2cc(-c3cc(S(=O)(=O)NCC4CC4)ccc3C)cnc2N)on1. The minimum Gasteiger partial charge on any atom is -0.383 e. The molecule has 0 aliphatic heterocycles. The van der Waals surface area contributed by atoms with Crippen molar-refractivity contribution >= 4 is 15.8 Å². The normalized spacial score (nSPS) is 14.4. The molecule has 1 aliphatic rings.